The van der Waals surface area contributed by atoms with Gasteiger partial charge in [-0.3, -0.25) is 10.1 Å². The van der Waals surface area contributed by atoms with Gasteiger partial charge in [-0.05, 0) is 11.2 Å². The van der Waals surface area contributed by atoms with E-state index in [2.05, 4.69) is 0 Å². The maximum Gasteiger partial charge on any atom is 0.278 e. The van der Waals surface area contributed by atoms with Crippen LogP contribution in [0.25, 0.3) is 0 Å². The summed E-state index contributed by atoms with van der Waals surface area (Å²) in [5, 5.41) is 10.9. The molecule has 130 valence electrons. The first-order chi connectivity index (χ1) is 11.1. The highest BCUT2D eigenvalue weighted by Crippen LogP contribution is 2.26. The van der Waals surface area contributed by atoms with Gasteiger partial charge in [0, 0.05) is 13.2 Å². The Kier molecular flexibility index (Phi) is 9.57. The van der Waals surface area contributed by atoms with Crippen molar-refractivity contribution in [2.75, 3.05) is 53.0 Å². The molecule has 1 aromatic rings. The summed E-state index contributed by atoms with van der Waals surface area (Å²) in [6.07, 6.45) is 0. The number of benzene rings is 1. The maximum absolute atomic E-state index is 12.2. The summed E-state index contributed by atoms with van der Waals surface area (Å²) >= 11 is -1.40. The summed E-state index contributed by atoms with van der Waals surface area (Å²) in [6.45, 7) is 2.11. The van der Waals surface area contributed by atoms with Gasteiger partial charge in [-0.15, -0.1) is 0 Å². The van der Waals surface area contributed by atoms with Crippen LogP contribution in [0, 0.1) is 10.1 Å². The largest absolute Gasteiger partial charge is 0.611 e. The Balaban J connectivity index is 2.38. The van der Waals surface area contributed by atoms with Gasteiger partial charge in [0.2, 0.25) is 0 Å². The number of methoxy groups -OCH3 is 2. The highest BCUT2D eigenvalue weighted by Gasteiger charge is 2.18. The first-order valence-electron chi connectivity index (χ1n) is 6.94. The Hall–Kier alpha value is -1.39. The quantitative estimate of drug-likeness (QED) is 0.243. The Labute approximate surface area is 138 Å². The lowest BCUT2D eigenvalue weighted by Crippen LogP contribution is -2.15. The van der Waals surface area contributed by atoms with Crippen molar-refractivity contribution >= 4 is 16.9 Å². The summed E-state index contributed by atoms with van der Waals surface area (Å²) in [6, 6.07) is 4.10. The summed E-state index contributed by atoms with van der Waals surface area (Å²) in [5.41, 5.74) is -0.153. The average molecular weight is 347 g/mol. The van der Waals surface area contributed by atoms with Crippen LogP contribution < -0.4 is 4.74 Å². The van der Waals surface area contributed by atoms with Gasteiger partial charge in [0.1, 0.15) is 11.5 Å². The molecule has 0 amide bonds. The van der Waals surface area contributed by atoms with Crippen molar-refractivity contribution in [2.45, 2.75) is 4.90 Å². The van der Waals surface area contributed by atoms with E-state index < -0.39 is 16.1 Å². The average Bonchev–Trinajstić information content (AvgIpc) is 2.56. The Morgan fingerprint density at radius 2 is 1.70 bits per heavy atom. The lowest BCUT2D eigenvalue weighted by molar-refractivity contribution is -0.385. The zero-order chi connectivity index (χ0) is 17.1. The fourth-order valence-electron chi connectivity index (χ4n) is 1.63. The molecule has 0 fully saturated rings. The van der Waals surface area contributed by atoms with Crippen LogP contribution in [-0.4, -0.2) is 62.5 Å². The van der Waals surface area contributed by atoms with Gasteiger partial charge in [-0.25, -0.2) is 0 Å². The first kappa shape index (κ1) is 19.7. The zero-order valence-corrected chi connectivity index (χ0v) is 14.0. The van der Waals surface area contributed by atoms with E-state index >= 15 is 0 Å². The minimum Gasteiger partial charge on any atom is -0.611 e. The Morgan fingerprint density at radius 1 is 1.04 bits per heavy atom. The highest BCUT2D eigenvalue weighted by molar-refractivity contribution is 7.91. The van der Waals surface area contributed by atoms with Gasteiger partial charge < -0.3 is 23.5 Å². The number of nitro groups is 1. The molecule has 0 N–H and O–H groups in total. The predicted molar refractivity (Wildman–Crippen MR) is 84.4 cm³/mol. The normalized spacial score (nSPS) is 12.1. The maximum atomic E-state index is 12.2. The number of nitro benzene ring substituents is 1. The molecule has 0 spiro atoms. The van der Waals surface area contributed by atoms with Crippen LogP contribution in [0.3, 0.4) is 0 Å². The third-order valence-corrected chi connectivity index (χ3v) is 4.09. The fourth-order valence-corrected chi connectivity index (χ4v) is 2.63. The van der Waals surface area contributed by atoms with Gasteiger partial charge in [0.15, 0.2) is 4.90 Å². The summed E-state index contributed by atoms with van der Waals surface area (Å²) in [5.74, 6) is 0.539. The molecule has 0 heterocycles. The molecule has 0 aliphatic rings. The van der Waals surface area contributed by atoms with Crippen LogP contribution in [0.2, 0.25) is 0 Å². The molecule has 0 bridgehead atoms. The molecule has 1 atom stereocenters. The minimum absolute atomic E-state index is 0.153. The molecule has 1 aromatic carbocycles. The number of hydrogen-bond acceptors (Lipinski definition) is 7. The first-order valence-corrected chi connectivity index (χ1v) is 8.26. The van der Waals surface area contributed by atoms with Crippen molar-refractivity contribution in [3.05, 3.63) is 28.3 Å². The van der Waals surface area contributed by atoms with Gasteiger partial charge >= 0.3 is 0 Å². The molecule has 0 aliphatic heterocycles. The summed E-state index contributed by atoms with van der Waals surface area (Å²) in [7, 11) is 3.00. The third-order valence-electron chi connectivity index (χ3n) is 2.79. The molecule has 0 aliphatic carbocycles. The second kappa shape index (κ2) is 11.2. The summed E-state index contributed by atoms with van der Waals surface area (Å²) < 4.78 is 32.5. The lowest BCUT2D eigenvalue weighted by Gasteiger charge is -2.12. The summed E-state index contributed by atoms with van der Waals surface area (Å²) in [4.78, 5) is 10.7. The van der Waals surface area contributed by atoms with Gasteiger partial charge in [-0.1, -0.05) is 0 Å². The smallest absolute Gasteiger partial charge is 0.278 e. The number of rotatable bonds is 12. The number of ether oxygens (including phenoxy) is 4. The van der Waals surface area contributed by atoms with Crippen LogP contribution in [0.1, 0.15) is 0 Å². The highest BCUT2D eigenvalue weighted by atomic mass is 32.2. The van der Waals surface area contributed by atoms with Crippen molar-refractivity contribution in [2.24, 2.45) is 0 Å². The number of nitrogens with zero attached hydrogens (tertiary/aromatic N) is 1. The molecule has 9 heteroatoms. The van der Waals surface area contributed by atoms with Gasteiger partial charge in [0.25, 0.3) is 5.69 Å². The van der Waals surface area contributed by atoms with E-state index in [4.69, 9.17) is 18.9 Å². The Bertz CT molecular complexity index is 486. The standard InChI is InChI=1S/C14H21NO7S/c1-19-3-4-21-5-6-22-7-8-23(18)14-10-12(15(16)17)9-13(11-14)20-2/h9-11H,3-8H2,1-2H3. The Morgan fingerprint density at radius 3 is 2.30 bits per heavy atom. The molecular formula is C14H21NO7S. The molecule has 0 saturated heterocycles. The molecule has 0 radical (unpaired) electrons. The molecular weight excluding hydrogens is 326 g/mol. The van der Waals surface area contributed by atoms with E-state index in [-0.39, 0.29) is 18.0 Å². The van der Waals surface area contributed by atoms with E-state index in [0.717, 1.165) is 0 Å². The van der Waals surface area contributed by atoms with E-state index in [1.54, 1.807) is 7.11 Å². The van der Waals surface area contributed by atoms with Crippen LogP contribution in [0.5, 0.6) is 5.75 Å². The SMILES string of the molecule is COCCOCCOCC[S+]([O-])c1cc(OC)cc([N+](=O)[O-])c1. The monoisotopic (exact) mass is 347 g/mol. The topological polar surface area (TPSA) is 103 Å². The van der Waals surface area contributed by atoms with E-state index in [0.29, 0.717) is 37.1 Å². The lowest BCUT2D eigenvalue weighted by atomic mass is 10.3. The number of hydrogen-bond donors (Lipinski definition) is 0. The van der Waals surface area contributed by atoms with Crippen molar-refractivity contribution in [3.8, 4) is 5.75 Å². The van der Waals surface area contributed by atoms with E-state index in [1.807, 2.05) is 0 Å². The van der Waals surface area contributed by atoms with Crippen LogP contribution in [-0.2, 0) is 25.4 Å². The third kappa shape index (κ3) is 7.62. The van der Waals surface area contributed by atoms with Gasteiger partial charge in [0.05, 0.1) is 57.2 Å². The van der Waals surface area contributed by atoms with E-state index in [1.165, 1.54) is 25.3 Å². The zero-order valence-electron chi connectivity index (χ0n) is 13.2. The minimum atomic E-state index is -1.40. The molecule has 0 aromatic heterocycles. The second-order valence-corrected chi connectivity index (χ2v) is 5.96. The van der Waals surface area contributed by atoms with Crippen molar-refractivity contribution in [3.63, 3.8) is 0 Å². The predicted octanol–water partition coefficient (Wildman–Crippen LogP) is 1.39. The van der Waals surface area contributed by atoms with Gasteiger partial charge in [-0.2, -0.15) is 0 Å². The molecule has 1 rings (SSSR count). The van der Waals surface area contributed by atoms with Crippen LogP contribution in [0.4, 0.5) is 5.69 Å². The van der Waals surface area contributed by atoms with Crippen molar-refractivity contribution in [1.29, 1.82) is 0 Å². The fraction of sp³-hybridized carbons (Fsp3) is 0.571. The number of non-ortho nitro benzene ring substituents is 1. The molecule has 0 saturated carbocycles. The molecule has 8 nitrogen and oxygen atoms in total. The van der Waals surface area contributed by atoms with E-state index in [9.17, 15) is 14.7 Å². The second-order valence-electron chi connectivity index (χ2n) is 4.39. The van der Waals surface area contributed by atoms with Crippen molar-refractivity contribution < 1.29 is 28.4 Å². The van der Waals surface area contributed by atoms with Crippen LogP contribution >= 0.6 is 0 Å². The van der Waals surface area contributed by atoms with Crippen molar-refractivity contribution in [1.82, 2.24) is 0 Å². The molecule has 23 heavy (non-hydrogen) atoms. The van der Waals surface area contributed by atoms with Crippen LogP contribution in [0.15, 0.2) is 23.1 Å². The molecule has 1 unspecified atom stereocenters.